The van der Waals surface area contributed by atoms with Crippen LogP contribution < -0.4 is 15.1 Å². The third-order valence-corrected chi connectivity index (χ3v) is 4.53. The summed E-state index contributed by atoms with van der Waals surface area (Å²) in [4.78, 5) is 33.1. The molecule has 0 bridgehead atoms. The summed E-state index contributed by atoms with van der Waals surface area (Å²) in [7, 11) is 0. The Balaban J connectivity index is 1.44. The fourth-order valence-corrected chi connectivity index (χ4v) is 3.03. The van der Waals surface area contributed by atoms with Crippen molar-refractivity contribution in [2.24, 2.45) is 0 Å². The summed E-state index contributed by atoms with van der Waals surface area (Å²) in [6, 6.07) is 6.63. The van der Waals surface area contributed by atoms with E-state index in [4.69, 9.17) is 0 Å². The quantitative estimate of drug-likeness (QED) is 0.722. The fraction of sp³-hybridized carbons (Fsp3) is 0.211. The van der Waals surface area contributed by atoms with Gasteiger partial charge in [-0.25, -0.2) is 28.7 Å². The number of benzene rings is 1. The van der Waals surface area contributed by atoms with Crippen molar-refractivity contribution in [2.75, 3.05) is 41.3 Å². The molecular weight excluding hydrogens is 380 g/mol. The number of piperazine rings is 1. The lowest BCUT2D eigenvalue weighted by molar-refractivity contribution is 0.102. The Kier molecular flexibility index (Phi) is 5.23. The molecule has 1 saturated heterocycles. The van der Waals surface area contributed by atoms with Gasteiger partial charge in [0.2, 0.25) is 5.95 Å². The fourth-order valence-electron chi connectivity index (χ4n) is 3.03. The Hall–Kier alpha value is -3.69. The lowest BCUT2D eigenvalue weighted by Gasteiger charge is -2.35. The van der Waals surface area contributed by atoms with Crippen molar-refractivity contribution >= 4 is 23.4 Å². The van der Waals surface area contributed by atoms with Crippen molar-refractivity contribution in [1.82, 2.24) is 19.9 Å². The normalized spacial score (nSPS) is 14.0. The summed E-state index contributed by atoms with van der Waals surface area (Å²) in [6.45, 7) is 2.68. The zero-order valence-corrected chi connectivity index (χ0v) is 15.3. The van der Waals surface area contributed by atoms with E-state index in [1.54, 1.807) is 18.5 Å². The molecule has 0 aliphatic carbocycles. The zero-order valence-electron chi connectivity index (χ0n) is 15.3. The monoisotopic (exact) mass is 397 g/mol. The molecule has 0 atom stereocenters. The number of nitrogens with one attached hydrogen (secondary N) is 1. The molecule has 0 radical (unpaired) electrons. The molecule has 1 aliphatic rings. The van der Waals surface area contributed by atoms with Crippen LogP contribution >= 0.6 is 0 Å². The lowest BCUT2D eigenvalue weighted by atomic mass is 10.2. The summed E-state index contributed by atoms with van der Waals surface area (Å²) < 4.78 is 27.5. The number of halogens is 2. The summed E-state index contributed by atoms with van der Waals surface area (Å²) in [5.41, 5.74) is -0.486. The summed E-state index contributed by atoms with van der Waals surface area (Å²) in [5, 5.41) is 2.23. The molecular formula is C19H17F2N7O. The highest BCUT2D eigenvalue weighted by molar-refractivity contribution is 6.03. The van der Waals surface area contributed by atoms with Crippen LogP contribution in [0.4, 0.5) is 26.2 Å². The third-order valence-electron chi connectivity index (χ3n) is 4.53. The van der Waals surface area contributed by atoms with E-state index in [0.29, 0.717) is 37.9 Å². The molecule has 1 amide bonds. The van der Waals surface area contributed by atoms with Gasteiger partial charge in [-0.05, 0) is 18.2 Å². The molecule has 3 heterocycles. The number of hydrogen-bond donors (Lipinski definition) is 1. The highest BCUT2D eigenvalue weighted by atomic mass is 19.1. The molecule has 3 aromatic rings. The number of hydrogen-bond acceptors (Lipinski definition) is 7. The first-order valence-corrected chi connectivity index (χ1v) is 8.96. The predicted octanol–water partition coefficient (Wildman–Crippen LogP) is 2.12. The maximum Gasteiger partial charge on any atom is 0.274 e. The Morgan fingerprint density at radius 2 is 1.55 bits per heavy atom. The zero-order chi connectivity index (χ0) is 20.2. The average Bonchev–Trinajstić information content (AvgIpc) is 2.77. The van der Waals surface area contributed by atoms with Crippen LogP contribution in [0.25, 0.3) is 0 Å². The van der Waals surface area contributed by atoms with Crippen molar-refractivity contribution in [3.8, 4) is 0 Å². The smallest absolute Gasteiger partial charge is 0.274 e. The number of anilines is 3. The first-order chi connectivity index (χ1) is 14.1. The van der Waals surface area contributed by atoms with E-state index in [1.165, 1.54) is 18.5 Å². The predicted molar refractivity (Wildman–Crippen MR) is 103 cm³/mol. The molecule has 0 unspecified atom stereocenters. The SMILES string of the molecule is O=C(Nc1c(F)cccc1F)c1cc(N2CCN(c3ncccn3)CC2)ncn1. The van der Waals surface area contributed by atoms with Gasteiger partial charge in [0.1, 0.15) is 35.2 Å². The molecule has 0 saturated carbocycles. The van der Waals surface area contributed by atoms with Crippen LogP contribution in [-0.4, -0.2) is 52.0 Å². The van der Waals surface area contributed by atoms with Crippen LogP contribution in [0.5, 0.6) is 0 Å². The van der Waals surface area contributed by atoms with Crippen molar-refractivity contribution in [3.05, 3.63) is 66.4 Å². The van der Waals surface area contributed by atoms with Crippen LogP contribution in [0.1, 0.15) is 10.5 Å². The number of carbonyl (C=O) groups excluding carboxylic acids is 1. The van der Waals surface area contributed by atoms with Gasteiger partial charge in [-0.2, -0.15) is 0 Å². The highest BCUT2D eigenvalue weighted by Crippen LogP contribution is 2.20. The van der Waals surface area contributed by atoms with Gasteiger partial charge in [-0.15, -0.1) is 0 Å². The van der Waals surface area contributed by atoms with E-state index < -0.39 is 23.2 Å². The molecule has 4 rings (SSSR count). The van der Waals surface area contributed by atoms with Crippen LogP contribution in [0.15, 0.2) is 49.1 Å². The number of carbonyl (C=O) groups is 1. The Labute approximate surface area is 165 Å². The molecule has 2 aromatic heterocycles. The van der Waals surface area contributed by atoms with E-state index >= 15 is 0 Å². The van der Waals surface area contributed by atoms with Gasteiger partial charge in [0.15, 0.2) is 0 Å². The van der Waals surface area contributed by atoms with Gasteiger partial charge in [0.05, 0.1) is 0 Å². The van der Waals surface area contributed by atoms with E-state index in [2.05, 4.69) is 30.2 Å². The molecule has 1 aromatic carbocycles. The van der Waals surface area contributed by atoms with Crippen LogP contribution in [0.3, 0.4) is 0 Å². The van der Waals surface area contributed by atoms with Crippen molar-refractivity contribution in [3.63, 3.8) is 0 Å². The van der Waals surface area contributed by atoms with Crippen molar-refractivity contribution in [2.45, 2.75) is 0 Å². The number of amides is 1. The second-order valence-electron chi connectivity index (χ2n) is 6.34. The standard InChI is InChI=1S/C19H17F2N7O/c20-13-3-1-4-14(21)17(13)26-18(29)15-11-16(25-12-24-15)27-7-9-28(10-8-27)19-22-5-2-6-23-19/h1-6,11-12H,7-10H2,(H,26,29). The molecule has 0 spiro atoms. The van der Waals surface area contributed by atoms with E-state index in [0.717, 1.165) is 12.1 Å². The minimum atomic E-state index is -0.855. The minimum Gasteiger partial charge on any atom is -0.353 e. The summed E-state index contributed by atoms with van der Waals surface area (Å²) >= 11 is 0. The number of rotatable bonds is 4. The number of nitrogens with zero attached hydrogens (tertiary/aromatic N) is 6. The van der Waals surface area contributed by atoms with Gasteiger partial charge >= 0.3 is 0 Å². The first-order valence-electron chi connectivity index (χ1n) is 8.96. The van der Waals surface area contributed by atoms with E-state index in [1.807, 2.05) is 4.90 Å². The van der Waals surface area contributed by atoms with Crippen molar-refractivity contribution in [1.29, 1.82) is 0 Å². The molecule has 148 valence electrons. The van der Waals surface area contributed by atoms with E-state index in [9.17, 15) is 13.6 Å². The van der Waals surface area contributed by atoms with E-state index in [-0.39, 0.29) is 5.69 Å². The van der Waals surface area contributed by atoms with Gasteiger partial charge in [0, 0.05) is 44.6 Å². The molecule has 1 fully saturated rings. The largest absolute Gasteiger partial charge is 0.353 e. The lowest BCUT2D eigenvalue weighted by Crippen LogP contribution is -2.47. The summed E-state index contributed by atoms with van der Waals surface area (Å²) in [5.74, 6) is -1.19. The average molecular weight is 397 g/mol. The maximum atomic E-state index is 13.8. The molecule has 10 heteroatoms. The van der Waals surface area contributed by atoms with Gasteiger partial charge < -0.3 is 15.1 Å². The molecule has 29 heavy (non-hydrogen) atoms. The number of para-hydroxylation sites is 1. The second-order valence-corrected chi connectivity index (χ2v) is 6.34. The third kappa shape index (κ3) is 4.10. The Morgan fingerprint density at radius 1 is 0.897 bits per heavy atom. The minimum absolute atomic E-state index is 0.0199. The molecule has 8 nitrogen and oxygen atoms in total. The highest BCUT2D eigenvalue weighted by Gasteiger charge is 2.21. The Bertz CT molecular complexity index is 990. The van der Waals surface area contributed by atoms with Crippen molar-refractivity contribution < 1.29 is 13.6 Å². The first kappa shape index (κ1) is 18.7. The molecule has 1 N–H and O–H groups in total. The van der Waals surface area contributed by atoms with Gasteiger partial charge in [-0.1, -0.05) is 6.07 Å². The maximum absolute atomic E-state index is 13.8. The van der Waals surface area contributed by atoms with Gasteiger partial charge in [-0.3, -0.25) is 4.79 Å². The van der Waals surface area contributed by atoms with Gasteiger partial charge in [0.25, 0.3) is 5.91 Å². The van der Waals surface area contributed by atoms with Crippen LogP contribution in [-0.2, 0) is 0 Å². The Morgan fingerprint density at radius 3 is 2.24 bits per heavy atom. The molecule has 1 aliphatic heterocycles. The second kappa shape index (κ2) is 8.13. The summed E-state index contributed by atoms with van der Waals surface area (Å²) in [6.07, 6.45) is 4.65. The number of aromatic nitrogens is 4. The van der Waals surface area contributed by atoms with Crippen LogP contribution in [0, 0.1) is 11.6 Å². The topological polar surface area (TPSA) is 87.1 Å². The van der Waals surface area contributed by atoms with Crippen LogP contribution in [0.2, 0.25) is 0 Å².